The molecule has 0 saturated carbocycles. The van der Waals surface area contributed by atoms with Gasteiger partial charge >= 0.3 is 0 Å². The second-order valence-electron chi connectivity index (χ2n) is 7.38. The SMILES string of the molecule is C(=C\c1nc2ccccc2o1)/c1ccc(OCCCCN2CCCCC2)cc1. The van der Waals surface area contributed by atoms with Gasteiger partial charge in [0.25, 0.3) is 0 Å². The third-order valence-electron chi connectivity index (χ3n) is 5.19. The van der Waals surface area contributed by atoms with Crippen molar-refractivity contribution in [2.24, 2.45) is 0 Å². The third kappa shape index (κ3) is 5.23. The lowest BCUT2D eigenvalue weighted by molar-refractivity contribution is 0.216. The summed E-state index contributed by atoms with van der Waals surface area (Å²) in [6.07, 6.45) is 10.4. The van der Waals surface area contributed by atoms with Gasteiger partial charge in [-0.3, -0.25) is 0 Å². The predicted octanol–water partition coefficient (Wildman–Crippen LogP) is 5.64. The van der Waals surface area contributed by atoms with Crippen LogP contribution in [0, 0.1) is 0 Å². The van der Waals surface area contributed by atoms with Crippen LogP contribution in [-0.2, 0) is 0 Å². The summed E-state index contributed by atoms with van der Waals surface area (Å²) < 4.78 is 11.6. The predicted molar refractivity (Wildman–Crippen MR) is 114 cm³/mol. The number of hydrogen-bond donors (Lipinski definition) is 0. The van der Waals surface area contributed by atoms with Gasteiger partial charge in [0.15, 0.2) is 5.58 Å². The zero-order chi connectivity index (χ0) is 19.0. The third-order valence-corrected chi connectivity index (χ3v) is 5.19. The van der Waals surface area contributed by atoms with Crippen molar-refractivity contribution in [2.45, 2.75) is 32.1 Å². The summed E-state index contributed by atoms with van der Waals surface area (Å²) in [6.45, 7) is 4.55. The monoisotopic (exact) mass is 376 g/mol. The Bertz CT molecular complexity index is 859. The molecule has 1 fully saturated rings. The Kier molecular flexibility index (Phi) is 6.40. The van der Waals surface area contributed by atoms with E-state index in [1.165, 1.54) is 45.3 Å². The van der Waals surface area contributed by atoms with Crippen LogP contribution in [0.25, 0.3) is 23.3 Å². The summed E-state index contributed by atoms with van der Waals surface area (Å²) in [4.78, 5) is 7.04. The Morgan fingerprint density at radius 3 is 2.57 bits per heavy atom. The molecule has 1 saturated heterocycles. The van der Waals surface area contributed by atoms with Crippen molar-refractivity contribution in [2.75, 3.05) is 26.2 Å². The number of benzene rings is 2. The molecule has 1 aliphatic rings. The molecule has 0 amide bonds. The van der Waals surface area contributed by atoms with Gasteiger partial charge in [0, 0.05) is 6.08 Å². The van der Waals surface area contributed by atoms with Gasteiger partial charge in [-0.2, -0.15) is 0 Å². The standard InChI is InChI=1S/C24H28N2O2/c1-4-16-26(17-5-1)18-6-7-19-27-21-13-10-20(11-14-21)12-15-24-25-22-8-2-3-9-23(22)28-24/h2-3,8-15H,1,4-7,16-19H2/b15-12+. The van der Waals surface area contributed by atoms with Crippen molar-refractivity contribution in [1.29, 1.82) is 0 Å². The van der Waals surface area contributed by atoms with Gasteiger partial charge in [-0.25, -0.2) is 4.98 Å². The molecule has 4 nitrogen and oxygen atoms in total. The van der Waals surface area contributed by atoms with E-state index in [1.807, 2.05) is 48.6 Å². The second kappa shape index (κ2) is 9.56. The summed E-state index contributed by atoms with van der Waals surface area (Å²) in [6, 6.07) is 16.0. The summed E-state index contributed by atoms with van der Waals surface area (Å²) in [5, 5.41) is 0. The van der Waals surface area contributed by atoms with Gasteiger partial charge in [-0.05, 0) is 81.2 Å². The van der Waals surface area contributed by atoms with E-state index in [-0.39, 0.29) is 0 Å². The molecular weight excluding hydrogens is 348 g/mol. The molecule has 0 atom stereocenters. The smallest absolute Gasteiger partial charge is 0.220 e. The molecule has 2 heterocycles. The topological polar surface area (TPSA) is 38.5 Å². The minimum absolute atomic E-state index is 0.621. The normalized spacial score (nSPS) is 15.4. The first-order valence-corrected chi connectivity index (χ1v) is 10.4. The average molecular weight is 377 g/mol. The lowest BCUT2D eigenvalue weighted by Gasteiger charge is -2.26. The van der Waals surface area contributed by atoms with Crippen LogP contribution < -0.4 is 4.74 Å². The molecule has 4 heteroatoms. The van der Waals surface area contributed by atoms with Crippen LogP contribution in [0.4, 0.5) is 0 Å². The van der Waals surface area contributed by atoms with Crippen molar-refractivity contribution in [3.63, 3.8) is 0 Å². The summed E-state index contributed by atoms with van der Waals surface area (Å²) in [5.74, 6) is 1.55. The van der Waals surface area contributed by atoms with Gasteiger partial charge in [0.1, 0.15) is 11.3 Å². The van der Waals surface area contributed by atoms with E-state index < -0.39 is 0 Å². The van der Waals surface area contributed by atoms with Gasteiger partial charge in [-0.15, -0.1) is 0 Å². The first-order chi connectivity index (χ1) is 13.9. The molecule has 0 unspecified atom stereocenters. The van der Waals surface area contributed by atoms with Gasteiger partial charge in [-0.1, -0.05) is 30.7 Å². The summed E-state index contributed by atoms with van der Waals surface area (Å²) in [5.41, 5.74) is 2.79. The molecule has 2 aromatic carbocycles. The molecule has 0 radical (unpaired) electrons. The van der Waals surface area contributed by atoms with Crippen LogP contribution in [0.5, 0.6) is 5.75 Å². The first kappa shape index (κ1) is 18.8. The number of likely N-dealkylation sites (tertiary alicyclic amines) is 1. The quantitative estimate of drug-likeness (QED) is 0.477. The molecule has 146 valence electrons. The highest BCUT2D eigenvalue weighted by Gasteiger charge is 2.08. The molecule has 3 aromatic rings. The van der Waals surface area contributed by atoms with E-state index in [0.29, 0.717) is 5.89 Å². The number of nitrogens with zero attached hydrogens (tertiary/aromatic N) is 2. The highest BCUT2D eigenvalue weighted by molar-refractivity contribution is 5.75. The zero-order valence-electron chi connectivity index (χ0n) is 16.3. The van der Waals surface area contributed by atoms with Crippen LogP contribution >= 0.6 is 0 Å². The number of unbranched alkanes of at least 4 members (excludes halogenated alkanes) is 1. The number of rotatable bonds is 8. The maximum absolute atomic E-state index is 5.88. The van der Waals surface area contributed by atoms with Crippen molar-refractivity contribution < 1.29 is 9.15 Å². The molecule has 0 spiro atoms. The highest BCUT2D eigenvalue weighted by atomic mass is 16.5. The number of ether oxygens (including phenoxy) is 1. The number of fused-ring (bicyclic) bond motifs is 1. The second-order valence-corrected chi connectivity index (χ2v) is 7.38. The Hall–Kier alpha value is -2.59. The van der Waals surface area contributed by atoms with E-state index in [2.05, 4.69) is 22.0 Å². The van der Waals surface area contributed by atoms with Crippen molar-refractivity contribution in [1.82, 2.24) is 9.88 Å². The highest BCUT2D eigenvalue weighted by Crippen LogP contribution is 2.18. The first-order valence-electron chi connectivity index (χ1n) is 10.4. The number of oxazole rings is 1. The molecule has 0 bridgehead atoms. The largest absolute Gasteiger partial charge is 0.494 e. The minimum atomic E-state index is 0.621. The number of para-hydroxylation sites is 2. The fourth-order valence-corrected chi connectivity index (χ4v) is 3.61. The van der Waals surface area contributed by atoms with Crippen molar-refractivity contribution in [3.05, 3.63) is 60.0 Å². The fourth-order valence-electron chi connectivity index (χ4n) is 3.61. The zero-order valence-corrected chi connectivity index (χ0v) is 16.3. The van der Waals surface area contributed by atoms with Gasteiger partial charge in [0.05, 0.1) is 6.61 Å². The molecule has 1 aromatic heterocycles. The van der Waals surface area contributed by atoms with Gasteiger partial charge < -0.3 is 14.1 Å². The van der Waals surface area contributed by atoms with E-state index in [1.54, 1.807) is 0 Å². The number of piperidine rings is 1. The maximum atomic E-state index is 5.88. The molecule has 28 heavy (non-hydrogen) atoms. The van der Waals surface area contributed by atoms with E-state index in [4.69, 9.17) is 9.15 Å². The van der Waals surface area contributed by atoms with E-state index >= 15 is 0 Å². The summed E-state index contributed by atoms with van der Waals surface area (Å²) in [7, 11) is 0. The maximum Gasteiger partial charge on any atom is 0.220 e. The molecule has 0 N–H and O–H groups in total. The summed E-state index contributed by atoms with van der Waals surface area (Å²) >= 11 is 0. The average Bonchev–Trinajstić information content (AvgIpc) is 3.17. The lowest BCUT2D eigenvalue weighted by Crippen LogP contribution is -2.30. The Labute approximate surface area is 166 Å². The minimum Gasteiger partial charge on any atom is -0.494 e. The molecule has 1 aliphatic heterocycles. The molecular formula is C24H28N2O2. The Morgan fingerprint density at radius 1 is 0.929 bits per heavy atom. The van der Waals surface area contributed by atoms with Gasteiger partial charge in [0.2, 0.25) is 5.89 Å². The molecule has 0 aliphatic carbocycles. The van der Waals surface area contributed by atoms with Crippen LogP contribution in [0.2, 0.25) is 0 Å². The van der Waals surface area contributed by atoms with E-state index in [9.17, 15) is 0 Å². The Morgan fingerprint density at radius 2 is 1.75 bits per heavy atom. The van der Waals surface area contributed by atoms with E-state index in [0.717, 1.165) is 35.4 Å². The lowest BCUT2D eigenvalue weighted by atomic mass is 10.1. The van der Waals surface area contributed by atoms with Crippen LogP contribution in [0.15, 0.2) is 52.9 Å². The van der Waals surface area contributed by atoms with Crippen LogP contribution in [-0.4, -0.2) is 36.1 Å². The van der Waals surface area contributed by atoms with Crippen molar-refractivity contribution in [3.8, 4) is 5.75 Å². The van der Waals surface area contributed by atoms with Crippen LogP contribution in [0.1, 0.15) is 43.6 Å². The number of aromatic nitrogens is 1. The van der Waals surface area contributed by atoms with Crippen molar-refractivity contribution >= 4 is 23.3 Å². The Balaban J connectivity index is 1.21. The van der Waals surface area contributed by atoms with Crippen LogP contribution in [0.3, 0.4) is 0 Å². The fraction of sp³-hybridized carbons (Fsp3) is 0.375. The number of hydrogen-bond acceptors (Lipinski definition) is 4. The molecule has 4 rings (SSSR count).